The molecule has 0 radical (unpaired) electrons. The highest BCUT2D eigenvalue weighted by molar-refractivity contribution is 5.93. The number of carbonyl (C=O) groups excluding carboxylic acids is 1. The van der Waals surface area contributed by atoms with Gasteiger partial charge in [-0.25, -0.2) is 4.39 Å². The van der Waals surface area contributed by atoms with Gasteiger partial charge in [0.05, 0.1) is 17.8 Å². The van der Waals surface area contributed by atoms with Crippen LogP contribution in [0.15, 0.2) is 48.5 Å². The second-order valence-electron chi connectivity index (χ2n) is 8.16. The lowest BCUT2D eigenvalue weighted by molar-refractivity contribution is -0.117. The van der Waals surface area contributed by atoms with Crippen LogP contribution in [-0.2, 0) is 4.79 Å². The largest absolute Gasteiger partial charge is 0.506 e. The number of nitriles is 1. The Kier molecular flexibility index (Phi) is 6.33. The van der Waals surface area contributed by atoms with Crippen LogP contribution in [0.4, 0.5) is 15.9 Å². The number of phenols is 1. The smallest absolute Gasteiger partial charge is 0.239 e. The van der Waals surface area contributed by atoms with Gasteiger partial charge in [-0.1, -0.05) is 12.1 Å². The summed E-state index contributed by atoms with van der Waals surface area (Å²) in [5.74, 6) is 0.0784. The quantitative estimate of drug-likeness (QED) is 0.625. The topological polar surface area (TPSA) is 84.5 Å². The van der Waals surface area contributed by atoms with E-state index in [1.54, 1.807) is 28.8 Å². The minimum absolute atomic E-state index is 0.187. The van der Waals surface area contributed by atoms with Gasteiger partial charge in [-0.05, 0) is 55.8 Å². The maximum absolute atomic E-state index is 13.4. The summed E-state index contributed by atoms with van der Waals surface area (Å²) in [5, 5.41) is 22.7. The summed E-state index contributed by atoms with van der Waals surface area (Å²) in [4.78, 5) is 17.1. The molecule has 1 saturated heterocycles. The molecule has 4 rings (SSSR count). The summed E-state index contributed by atoms with van der Waals surface area (Å²) in [7, 11) is 0. The van der Waals surface area contributed by atoms with Crippen LogP contribution in [0.25, 0.3) is 5.69 Å². The number of piperazine rings is 1. The number of phenolic OH excluding ortho intramolecular Hbond substituents is 1. The lowest BCUT2D eigenvalue weighted by Gasteiger charge is -2.35. The van der Waals surface area contributed by atoms with E-state index in [9.17, 15) is 19.6 Å². The monoisotopic (exact) mass is 447 g/mol. The van der Waals surface area contributed by atoms with Gasteiger partial charge in [0.15, 0.2) is 0 Å². The van der Waals surface area contributed by atoms with Crippen LogP contribution in [0.2, 0.25) is 0 Å². The minimum atomic E-state index is -0.352. The van der Waals surface area contributed by atoms with Crippen molar-refractivity contribution in [2.75, 3.05) is 42.9 Å². The van der Waals surface area contributed by atoms with Gasteiger partial charge < -0.3 is 15.3 Å². The Hall–Kier alpha value is -3.83. The number of aromatic nitrogens is 1. The van der Waals surface area contributed by atoms with Crippen molar-refractivity contribution in [1.82, 2.24) is 9.47 Å². The molecule has 2 aromatic carbocycles. The summed E-state index contributed by atoms with van der Waals surface area (Å²) in [6, 6.07) is 15.4. The van der Waals surface area contributed by atoms with Crippen molar-refractivity contribution in [3.05, 3.63) is 71.2 Å². The van der Waals surface area contributed by atoms with Crippen LogP contribution in [0, 0.1) is 31.0 Å². The molecule has 0 atom stereocenters. The van der Waals surface area contributed by atoms with E-state index in [1.165, 1.54) is 12.1 Å². The van der Waals surface area contributed by atoms with Gasteiger partial charge in [-0.15, -0.1) is 0 Å². The highest BCUT2D eigenvalue weighted by Crippen LogP contribution is 2.30. The van der Waals surface area contributed by atoms with Crippen LogP contribution in [-0.4, -0.2) is 53.2 Å². The zero-order valence-electron chi connectivity index (χ0n) is 18.7. The third-order valence-electron chi connectivity index (χ3n) is 6.13. The van der Waals surface area contributed by atoms with Crippen molar-refractivity contribution in [2.24, 2.45) is 0 Å². The number of aromatic hydroxyl groups is 1. The van der Waals surface area contributed by atoms with Gasteiger partial charge in [0, 0.05) is 37.6 Å². The van der Waals surface area contributed by atoms with E-state index in [2.05, 4.69) is 16.3 Å². The fraction of sp³-hybridized carbons (Fsp3) is 0.280. The molecule has 0 spiro atoms. The zero-order chi connectivity index (χ0) is 23.5. The van der Waals surface area contributed by atoms with E-state index < -0.39 is 0 Å². The average molecular weight is 448 g/mol. The van der Waals surface area contributed by atoms with E-state index >= 15 is 0 Å². The lowest BCUT2D eigenvalue weighted by atomic mass is 10.2. The first-order valence-electron chi connectivity index (χ1n) is 10.8. The first-order chi connectivity index (χ1) is 15.9. The van der Waals surface area contributed by atoms with Crippen molar-refractivity contribution < 1.29 is 14.3 Å². The number of carbonyl (C=O) groups is 1. The van der Waals surface area contributed by atoms with Gasteiger partial charge in [-0.2, -0.15) is 5.26 Å². The summed E-state index contributed by atoms with van der Waals surface area (Å²) in [6.45, 7) is 6.62. The maximum Gasteiger partial charge on any atom is 0.239 e. The molecule has 1 aromatic heterocycles. The van der Waals surface area contributed by atoms with Crippen molar-refractivity contribution in [2.45, 2.75) is 13.8 Å². The predicted molar refractivity (Wildman–Crippen MR) is 125 cm³/mol. The average Bonchev–Trinajstić information content (AvgIpc) is 3.04. The Labute approximate surface area is 192 Å². The number of nitrogens with one attached hydrogen (secondary N) is 1. The number of rotatable bonds is 5. The summed E-state index contributed by atoms with van der Waals surface area (Å²) in [5.41, 5.74) is 3.45. The van der Waals surface area contributed by atoms with Crippen molar-refractivity contribution in [1.29, 1.82) is 5.26 Å². The SMILES string of the molecule is Cc1c(C#N)c(NC(=O)CN2CCN(c3ccccc3O)CC2)n(-c2ccc(F)cc2)c1C. The molecular formula is C25H26FN5O2. The number of nitrogens with zero attached hydrogens (tertiary/aromatic N) is 4. The van der Waals surface area contributed by atoms with Crippen LogP contribution >= 0.6 is 0 Å². The molecule has 7 nitrogen and oxygen atoms in total. The van der Waals surface area contributed by atoms with Crippen molar-refractivity contribution >= 4 is 17.4 Å². The predicted octanol–water partition coefficient (Wildman–Crippen LogP) is 3.57. The molecule has 0 aliphatic carbocycles. The van der Waals surface area contributed by atoms with Gasteiger partial charge in [0.25, 0.3) is 0 Å². The highest BCUT2D eigenvalue weighted by atomic mass is 19.1. The molecule has 2 heterocycles. The van der Waals surface area contributed by atoms with Gasteiger partial charge in [0.2, 0.25) is 5.91 Å². The van der Waals surface area contributed by atoms with Crippen molar-refractivity contribution in [3.8, 4) is 17.5 Å². The third-order valence-corrected chi connectivity index (χ3v) is 6.13. The fourth-order valence-electron chi connectivity index (χ4n) is 4.23. The van der Waals surface area contributed by atoms with Crippen LogP contribution in [0.3, 0.4) is 0 Å². The second-order valence-corrected chi connectivity index (χ2v) is 8.16. The molecule has 1 fully saturated rings. The lowest BCUT2D eigenvalue weighted by Crippen LogP contribution is -2.48. The van der Waals surface area contributed by atoms with E-state index in [4.69, 9.17) is 0 Å². The van der Waals surface area contributed by atoms with Crippen molar-refractivity contribution in [3.63, 3.8) is 0 Å². The Bertz CT molecular complexity index is 1200. The second kappa shape index (κ2) is 9.35. The molecular weight excluding hydrogens is 421 g/mol. The van der Waals surface area contributed by atoms with Gasteiger partial charge in [0.1, 0.15) is 23.5 Å². The molecule has 0 bridgehead atoms. The molecule has 0 unspecified atom stereocenters. The van der Waals surface area contributed by atoms with Crippen LogP contribution < -0.4 is 10.2 Å². The molecule has 3 aromatic rings. The number of hydrogen-bond donors (Lipinski definition) is 2. The third kappa shape index (κ3) is 4.54. The van der Waals surface area contributed by atoms with Crippen LogP contribution in [0.1, 0.15) is 16.8 Å². The first-order valence-corrected chi connectivity index (χ1v) is 10.8. The number of benzene rings is 2. The standard InChI is InChI=1S/C25H26FN5O2/c1-17-18(2)31(20-9-7-19(26)8-10-20)25(21(17)15-27)28-24(33)16-29-11-13-30(14-12-29)22-5-3-4-6-23(22)32/h3-10,32H,11-14,16H2,1-2H3,(H,28,33). The molecule has 170 valence electrons. The minimum Gasteiger partial charge on any atom is -0.506 e. The van der Waals surface area contributed by atoms with Gasteiger partial charge >= 0.3 is 0 Å². The molecule has 33 heavy (non-hydrogen) atoms. The maximum atomic E-state index is 13.4. The highest BCUT2D eigenvalue weighted by Gasteiger charge is 2.24. The summed E-state index contributed by atoms with van der Waals surface area (Å²) >= 11 is 0. The molecule has 8 heteroatoms. The first kappa shape index (κ1) is 22.4. The van der Waals surface area contributed by atoms with E-state index in [0.717, 1.165) is 16.9 Å². The Balaban J connectivity index is 1.47. The van der Waals surface area contributed by atoms with Gasteiger partial charge in [-0.3, -0.25) is 14.3 Å². The number of halogens is 1. The molecule has 0 saturated carbocycles. The Morgan fingerprint density at radius 3 is 2.39 bits per heavy atom. The summed E-state index contributed by atoms with van der Waals surface area (Å²) < 4.78 is 15.2. The fourth-order valence-corrected chi connectivity index (χ4v) is 4.23. The zero-order valence-corrected chi connectivity index (χ0v) is 18.7. The Morgan fingerprint density at radius 2 is 1.76 bits per heavy atom. The number of anilines is 2. The molecule has 1 amide bonds. The van der Waals surface area contributed by atoms with E-state index in [0.29, 0.717) is 43.2 Å². The molecule has 1 aliphatic heterocycles. The number of hydrogen-bond acceptors (Lipinski definition) is 5. The van der Waals surface area contributed by atoms with E-state index in [-0.39, 0.29) is 24.0 Å². The Morgan fingerprint density at radius 1 is 1.09 bits per heavy atom. The summed E-state index contributed by atoms with van der Waals surface area (Å²) in [6.07, 6.45) is 0. The van der Waals surface area contributed by atoms with Crippen LogP contribution in [0.5, 0.6) is 5.75 Å². The molecule has 2 N–H and O–H groups in total. The van der Waals surface area contributed by atoms with E-state index in [1.807, 2.05) is 30.9 Å². The number of para-hydroxylation sites is 2. The number of amides is 1. The molecule has 1 aliphatic rings. The normalized spacial score (nSPS) is 14.2.